The molecule has 2 aromatic carbocycles. The van der Waals surface area contributed by atoms with Crippen LogP contribution in [0.15, 0.2) is 59.8 Å². The van der Waals surface area contributed by atoms with Gasteiger partial charge in [0.2, 0.25) is 0 Å². The molecule has 1 aliphatic heterocycles. The van der Waals surface area contributed by atoms with E-state index < -0.39 is 0 Å². The molecule has 1 saturated heterocycles. The molecular formula is C22H24N4O2S. The summed E-state index contributed by atoms with van der Waals surface area (Å²) in [5.74, 6) is 1.62. The molecule has 0 saturated carbocycles. The van der Waals surface area contributed by atoms with Crippen LogP contribution in [-0.2, 0) is 17.0 Å². The molecule has 0 N–H and O–H groups in total. The van der Waals surface area contributed by atoms with Crippen LogP contribution < -0.4 is 0 Å². The minimum absolute atomic E-state index is 0.0754. The number of benzene rings is 2. The molecule has 1 amide bonds. The van der Waals surface area contributed by atoms with Crippen molar-refractivity contribution in [1.29, 1.82) is 0 Å². The number of aryl methyl sites for hydroxylation is 1. The number of aromatic nitrogens is 3. The monoisotopic (exact) mass is 408 g/mol. The third kappa shape index (κ3) is 4.68. The number of carbonyl (C=O) groups is 1. The molecule has 6 nitrogen and oxygen atoms in total. The number of hydrogen-bond donors (Lipinski definition) is 0. The number of morpholine rings is 1. The van der Waals surface area contributed by atoms with Gasteiger partial charge in [-0.25, -0.2) is 0 Å². The van der Waals surface area contributed by atoms with Crippen LogP contribution in [0.1, 0.15) is 27.3 Å². The first-order chi connectivity index (χ1) is 14.2. The lowest BCUT2D eigenvalue weighted by molar-refractivity contribution is 0.0302. The molecule has 3 aromatic rings. The number of thioether (sulfide) groups is 1. The van der Waals surface area contributed by atoms with Gasteiger partial charge in [-0.15, -0.1) is 10.2 Å². The summed E-state index contributed by atoms with van der Waals surface area (Å²) in [5, 5.41) is 9.48. The first kappa shape index (κ1) is 19.7. The van der Waals surface area contributed by atoms with Crippen molar-refractivity contribution in [3.63, 3.8) is 0 Å². The summed E-state index contributed by atoms with van der Waals surface area (Å²) in [4.78, 5) is 14.8. The Balaban J connectivity index is 1.50. The van der Waals surface area contributed by atoms with Gasteiger partial charge in [-0.2, -0.15) is 0 Å². The first-order valence-electron chi connectivity index (χ1n) is 9.74. The normalized spacial score (nSPS) is 14.2. The zero-order valence-electron chi connectivity index (χ0n) is 16.5. The lowest BCUT2D eigenvalue weighted by atomic mass is 10.1. The molecule has 1 aliphatic rings. The van der Waals surface area contributed by atoms with E-state index in [-0.39, 0.29) is 5.91 Å². The van der Waals surface area contributed by atoms with Gasteiger partial charge >= 0.3 is 0 Å². The van der Waals surface area contributed by atoms with Crippen LogP contribution >= 0.6 is 11.8 Å². The van der Waals surface area contributed by atoms with Gasteiger partial charge in [-0.05, 0) is 24.1 Å². The van der Waals surface area contributed by atoms with E-state index in [0.29, 0.717) is 32.1 Å². The molecule has 150 valence electrons. The Morgan fingerprint density at radius 1 is 1.03 bits per heavy atom. The Hall–Kier alpha value is -2.64. The van der Waals surface area contributed by atoms with Crippen molar-refractivity contribution in [2.75, 3.05) is 26.3 Å². The average Bonchev–Trinajstić information content (AvgIpc) is 3.12. The zero-order valence-corrected chi connectivity index (χ0v) is 17.3. The number of rotatable bonds is 6. The van der Waals surface area contributed by atoms with Crippen LogP contribution in [0.4, 0.5) is 0 Å². The molecule has 0 atom stereocenters. The molecule has 1 fully saturated rings. The van der Waals surface area contributed by atoms with Crippen molar-refractivity contribution in [3.8, 4) is 0 Å². The van der Waals surface area contributed by atoms with E-state index in [0.717, 1.165) is 28.7 Å². The number of carbonyl (C=O) groups excluding carboxylic acids is 1. The lowest BCUT2D eigenvalue weighted by Crippen LogP contribution is -2.41. The molecule has 4 rings (SSSR count). The Labute approximate surface area is 174 Å². The van der Waals surface area contributed by atoms with Crippen LogP contribution in [0.2, 0.25) is 0 Å². The SMILES string of the molecule is Cc1nnc(SCc2ccccc2C(=O)N2CCOCC2)n1Cc1ccccc1. The highest BCUT2D eigenvalue weighted by atomic mass is 32.2. The number of amides is 1. The quantitative estimate of drug-likeness (QED) is 0.585. The third-order valence-corrected chi connectivity index (χ3v) is 6.00. The maximum absolute atomic E-state index is 13.0. The fourth-order valence-corrected chi connectivity index (χ4v) is 4.34. The van der Waals surface area contributed by atoms with E-state index in [9.17, 15) is 4.79 Å². The maximum atomic E-state index is 13.0. The molecule has 2 heterocycles. The molecule has 0 aliphatic carbocycles. The Bertz CT molecular complexity index is 968. The van der Waals surface area contributed by atoms with Crippen molar-refractivity contribution < 1.29 is 9.53 Å². The Morgan fingerprint density at radius 3 is 2.55 bits per heavy atom. The topological polar surface area (TPSA) is 60.3 Å². The van der Waals surface area contributed by atoms with E-state index in [1.54, 1.807) is 11.8 Å². The molecular weight excluding hydrogens is 384 g/mol. The van der Waals surface area contributed by atoms with Crippen molar-refractivity contribution >= 4 is 17.7 Å². The molecule has 7 heteroatoms. The summed E-state index contributed by atoms with van der Waals surface area (Å²) in [6.07, 6.45) is 0. The molecule has 0 radical (unpaired) electrons. The summed E-state index contributed by atoms with van der Waals surface area (Å²) in [6, 6.07) is 18.1. The molecule has 1 aromatic heterocycles. The summed E-state index contributed by atoms with van der Waals surface area (Å²) in [6.45, 7) is 5.19. The second kappa shape index (κ2) is 9.24. The standard InChI is InChI=1S/C22H24N4O2S/c1-17-23-24-22(26(17)15-18-7-3-2-4-8-18)29-16-19-9-5-6-10-20(19)21(27)25-11-13-28-14-12-25/h2-10H,11-16H2,1H3. The minimum Gasteiger partial charge on any atom is -0.378 e. The molecule has 0 bridgehead atoms. The fourth-order valence-electron chi connectivity index (χ4n) is 3.35. The number of ether oxygens (including phenoxy) is 1. The highest BCUT2D eigenvalue weighted by molar-refractivity contribution is 7.98. The summed E-state index contributed by atoms with van der Waals surface area (Å²) < 4.78 is 7.49. The second-order valence-electron chi connectivity index (χ2n) is 6.95. The van der Waals surface area contributed by atoms with Crippen molar-refractivity contribution in [3.05, 3.63) is 77.1 Å². The van der Waals surface area contributed by atoms with Crippen molar-refractivity contribution in [2.24, 2.45) is 0 Å². The highest BCUT2D eigenvalue weighted by Gasteiger charge is 2.21. The average molecular weight is 409 g/mol. The van der Waals surface area contributed by atoms with Gasteiger partial charge in [0.25, 0.3) is 5.91 Å². The van der Waals surface area contributed by atoms with E-state index >= 15 is 0 Å². The van der Waals surface area contributed by atoms with Gasteiger partial charge in [0, 0.05) is 24.4 Å². The van der Waals surface area contributed by atoms with Gasteiger partial charge in [0.1, 0.15) is 5.82 Å². The third-order valence-electron chi connectivity index (χ3n) is 4.99. The van der Waals surface area contributed by atoms with Gasteiger partial charge in [-0.3, -0.25) is 4.79 Å². The van der Waals surface area contributed by atoms with Crippen molar-refractivity contribution in [1.82, 2.24) is 19.7 Å². The van der Waals surface area contributed by atoms with E-state index in [2.05, 4.69) is 26.9 Å². The van der Waals surface area contributed by atoms with Crippen LogP contribution in [0.25, 0.3) is 0 Å². The smallest absolute Gasteiger partial charge is 0.254 e. The number of hydrogen-bond acceptors (Lipinski definition) is 5. The van der Waals surface area contributed by atoms with Crippen LogP contribution in [0.3, 0.4) is 0 Å². The zero-order chi connectivity index (χ0) is 20.1. The van der Waals surface area contributed by atoms with E-state index in [1.807, 2.05) is 54.3 Å². The van der Waals surface area contributed by atoms with E-state index in [1.165, 1.54) is 5.56 Å². The van der Waals surface area contributed by atoms with Gasteiger partial charge in [0.05, 0.1) is 19.8 Å². The fraction of sp³-hybridized carbons (Fsp3) is 0.318. The Kier molecular flexibility index (Phi) is 6.27. The molecule has 0 spiro atoms. The van der Waals surface area contributed by atoms with Crippen LogP contribution in [0, 0.1) is 6.92 Å². The lowest BCUT2D eigenvalue weighted by Gasteiger charge is -2.27. The predicted octanol–water partition coefficient (Wildman–Crippen LogP) is 3.40. The largest absolute Gasteiger partial charge is 0.378 e. The van der Waals surface area contributed by atoms with Crippen LogP contribution in [-0.4, -0.2) is 51.9 Å². The van der Waals surface area contributed by atoms with E-state index in [4.69, 9.17) is 4.74 Å². The van der Waals surface area contributed by atoms with Gasteiger partial charge in [-0.1, -0.05) is 60.3 Å². The summed E-state index contributed by atoms with van der Waals surface area (Å²) >= 11 is 1.61. The molecule has 0 unspecified atom stereocenters. The first-order valence-corrected chi connectivity index (χ1v) is 10.7. The van der Waals surface area contributed by atoms with Crippen LogP contribution in [0.5, 0.6) is 0 Å². The van der Waals surface area contributed by atoms with Gasteiger partial charge in [0.15, 0.2) is 5.16 Å². The molecule has 29 heavy (non-hydrogen) atoms. The Morgan fingerprint density at radius 2 is 1.76 bits per heavy atom. The summed E-state index contributed by atoms with van der Waals surface area (Å²) in [7, 11) is 0. The highest BCUT2D eigenvalue weighted by Crippen LogP contribution is 2.25. The number of nitrogens with zero attached hydrogens (tertiary/aromatic N) is 4. The second-order valence-corrected chi connectivity index (χ2v) is 7.89. The van der Waals surface area contributed by atoms with Crippen molar-refractivity contribution in [2.45, 2.75) is 24.4 Å². The predicted molar refractivity (Wildman–Crippen MR) is 113 cm³/mol. The summed E-state index contributed by atoms with van der Waals surface area (Å²) in [5.41, 5.74) is 2.98. The minimum atomic E-state index is 0.0754. The van der Waals surface area contributed by atoms with Gasteiger partial charge < -0.3 is 14.2 Å². The maximum Gasteiger partial charge on any atom is 0.254 e.